The predicted molar refractivity (Wildman–Crippen MR) is 272 cm³/mol. The van der Waals surface area contributed by atoms with Crippen molar-refractivity contribution in [3.05, 3.63) is 10.4 Å². The lowest BCUT2D eigenvalue weighted by molar-refractivity contribution is -0.143. The van der Waals surface area contributed by atoms with Gasteiger partial charge < -0.3 is 31.7 Å². The van der Waals surface area contributed by atoms with Gasteiger partial charge in [0.25, 0.3) is 0 Å². The molecule has 0 aromatic carbocycles. The Morgan fingerprint density at radius 1 is 0.561 bits per heavy atom. The van der Waals surface area contributed by atoms with E-state index in [1.807, 2.05) is 20.8 Å². The number of carbonyl (C=O) groups excluding carboxylic acids is 2. The number of ether oxygens (including phenoxy) is 1. The number of nitrogens with two attached hydrogens (primary N) is 2. The third-order valence-electron chi connectivity index (χ3n) is 16.7. The van der Waals surface area contributed by atoms with Crippen molar-refractivity contribution in [3.63, 3.8) is 0 Å². The molecule has 0 bridgehead atoms. The van der Waals surface area contributed by atoms with E-state index in [0.717, 1.165) is 62.2 Å². The highest BCUT2D eigenvalue weighted by Gasteiger charge is 2.48. The number of aliphatic carboxylic acids is 1. The number of carboxylic acids is 1. The molecule has 66 heavy (non-hydrogen) atoms. The van der Waals surface area contributed by atoms with Crippen LogP contribution in [0.5, 0.6) is 0 Å². The number of alkyl carbamates (subject to hydrolysis) is 1. The smallest absolute Gasteiger partial charge is 0.407 e. The van der Waals surface area contributed by atoms with Crippen LogP contribution >= 0.6 is 24.8 Å². The third kappa shape index (κ3) is 21.9. The number of nitrogens with one attached hydrogen (secondary N) is 1. The molecule has 10 saturated carbocycles. The Kier molecular flexibility index (Phi) is 23.2. The van der Waals surface area contributed by atoms with Crippen LogP contribution in [-0.4, -0.2) is 57.5 Å². The molecule has 0 aromatic heterocycles. The Morgan fingerprint density at radius 3 is 1.09 bits per heavy atom. The monoisotopic (exact) mass is 971 g/mol. The first-order valence-electron chi connectivity index (χ1n) is 25.5. The Balaban J connectivity index is 0.000000277. The average molecular weight is 972 g/mol. The minimum Gasteiger partial charge on any atom is -0.481 e. The second kappa shape index (κ2) is 25.3. The van der Waals surface area contributed by atoms with Crippen molar-refractivity contribution in [2.75, 3.05) is 0 Å². The number of aliphatic hydroxyl groups is 1. The van der Waals surface area contributed by atoms with Crippen molar-refractivity contribution in [2.45, 2.75) is 271 Å². The van der Waals surface area contributed by atoms with Gasteiger partial charge in [-0.05, 0) is 272 Å². The van der Waals surface area contributed by atoms with Gasteiger partial charge in [-0.15, -0.1) is 24.8 Å². The van der Waals surface area contributed by atoms with E-state index in [2.05, 4.69) is 15.3 Å². The summed E-state index contributed by atoms with van der Waals surface area (Å²) >= 11 is 0. The van der Waals surface area contributed by atoms with Crippen LogP contribution in [0.4, 0.5) is 4.79 Å². The summed E-state index contributed by atoms with van der Waals surface area (Å²) in [6.45, 7) is 10.9. The summed E-state index contributed by atoms with van der Waals surface area (Å²) in [6.07, 6.45) is 38.0. The standard InChI is InChI=1S/C13H23NO2.C9H13N3O.C9H14O2.2C8H15N.C4H10O.CH4.2ClH/c1-12(2,3)16-11(15)14-10-4-6-13(7-5-10)8-9-13;10-12-11-8(13)7-1-3-9(4-2-7)5-6-9;10-8(11)7-1-3-9(4-2-7)5-6-9;2*9-7-1-3-8(4-2-7)5-6-8;1-4(2,3)5;;;/h10H,4-9H2,1-3H3,(H,14,15);7H,1-6H2;7H,1-6H2,(H,10,11);2*7H,1-6,9H2;5H,1-3H3;1H4;2*1H. The SMILES string of the molecule is C.CC(C)(C)O.CC(C)(C)OC(=O)NC1CCC2(CC1)CC2.Cl.Cl.NC1CCC2(CC1)CC2.NC1CCC2(CC1)CC2.O=C(O)C1CCC2(CC1)CC2.[N-]=[N+]=NC(=O)C1CCC2(CC1)CC2. The number of halogens is 2. The van der Waals surface area contributed by atoms with Gasteiger partial charge in [-0.3, -0.25) is 9.59 Å². The highest BCUT2D eigenvalue weighted by atomic mass is 35.5. The molecule has 0 unspecified atom stereocenters. The molecule has 0 aliphatic heterocycles. The Hall–Kier alpha value is -1.82. The molecular formula is C52H96Cl2N6O6. The van der Waals surface area contributed by atoms with Crippen LogP contribution in [0.25, 0.3) is 10.4 Å². The molecule has 2 amide bonds. The molecule has 10 fully saturated rings. The summed E-state index contributed by atoms with van der Waals surface area (Å²) in [6, 6.07) is 1.41. The topological polar surface area (TPSA) is 214 Å². The zero-order chi connectivity index (χ0) is 46.2. The Labute approximate surface area is 412 Å². The van der Waals surface area contributed by atoms with Gasteiger partial charge >= 0.3 is 12.1 Å². The molecule has 0 saturated heterocycles. The largest absolute Gasteiger partial charge is 0.481 e. The van der Waals surface area contributed by atoms with Crippen LogP contribution in [0, 0.1) is 38.9 Å². The lowest BCUT2D eigenvalue weighted by Crippen LogP contribution is -2.41. The van der Waals surface area contributed by atoms with Gasteiger partial charge in [-0.1, -0.05) is 7.43 Å². The molecule has 0 aromatic rings. The summed E-state index contributed by atoms with van der Waals surface area (Å²) in [7, 11) is 0. The van der Waals surface area contributed by atoms with Crippen molar-refractivity contribution < 1.29 is 29.3 Å². The molecule has 0 heterocycles. The number of carbonyl (C=O) groups is 3. The number of nitrogens with zero attached hydrogens (tertiary/aromatic N) is 3. The fraction of sp³-hybridized carbons (Fsp3) is 0.942. The zero-order valence-electron chi connectivity index (χ0n) is 41.4. The summed E-state index contributed by atoms with van der Waals surface area (Å²) < 4.78 is 5.26. The van der Waals surface area contributed by atoms with Crippen molar-refractivity contribution >= 4 is 42.8 Å². The van der Waals surface area contributed by atoms with Crippen molar-refractivity contribution in [2.24, 2.45) is 55.5 Å². The van der Waals surface area contributed by atoms with Gasteiger partial charge in [0.2, 0.25) is 5.91 Å². The molecule has 14 heteroatoms. The first-order chi connectivity index (χ1) is 29.5. The van der Waals surface area contributed by atoms with E-state index in [1.54, 1.807) is 20.8 Å². The summed E-state index contributed by atoms with van der Waals surface area (Å²) in [4.78, 5) is 35.9. The fourth-order valence-corrected chi connectivity index (χ4v) is 10.8. The molecule has 0 atom stereocenters. The quantitative estimate of drug-likeness (QED) is 0.104. The van der Waals surface area contributed by atoms with Gasteiger partial charge in [-0.2, -0.15) is 0 Å². The predicted octanol–water partition coefficient (Wildman–Crippen LogP) is 13.7. The van der Waals surface area contributed by atoms with Crippen molar-refractivity contribution in [1.82, 2.24) is 5.32 Å². The van der Waals surface area contributed by atoms with Gasteiger partial charge in [0, 0.05) is 29.0 Å². The molecule has 10 rings (SSSR count). The molecular weight excluding hydrogens is 876 g/mol. The van der Waals surface area contributed by atoms with Crippen LogP contribution in [-0.2, 0) is 14.3 Å². The van der Waals surface area contributed by atoms with Gasteiger partial charge in [0.15, 0.2) is 0 Å². The first-order valence-corrected chi connectivity index (χ1v) is 25.5. The molecule has 10 aliphatic rings. The van der Waals surface area contributed by atoms with E-state index in [4.69, 9.17) is 31.9 Å². The summed E-state index contributed by atoms with van der Waals surface area (Å²) in [5.74, 6) is -0.846. The molecule has 12 nitrogen and oxygen atoms in total. The maximum Gasteiger partial charge on any atom is 0.407 e. The third-order valence-corrected chi connectivity index (χ3v) is 16.7. The molecule has 384 valence electrons. The number of hydrogen-bond acceptors (Lipinski definition) is 7. The van der Waals surface area contributed by atoms with Crippen LogP contribution in [0.15, 0.2) is 5.11 Å². The van der Waals surface area contributed by atoms with Crippen LogP contribution in [0.1, 0.15) is 242 Å². The van der Waals surface area contributed by atoms with E-state index < -0.39 is 17.2 Å². The van der Waals surface area contributed by atoms with Crippen LogP contribution in [0.3, 0.4) is 0 Å². The van der Waals surface area contributed by atoms with Gasteiger partial charge in [0.1, 0.15) is 5.60 Å². The minimum absolute atomic E-state index is 0. The molecule has 5 spiro atoms. The number of rotatable bonds is 3. The number of hydrogen-bond donors (Lipinski definition) is 5. The average Bonchev–Trinajstić information content (AvgIpc) is 3.97. The minimum atomic E-state index is -0.583. The molecule has 10 aliphatic carbocycles. The second-order valence-electron chi connectivity index (χ2n) is 24.7. The van der Waals surface area contributed by atoms with Crippen LogP contribution < -0.4 is 16.8 Å². The fourth-order valence-electron chi connectivity index (χ4n) is 10.8. The van der Waals surface area contributed by atoms with E-state index in [9.17, 15) is 14.4 Å². The van der Waals surface area contributed by atoms with E-state index in [0.29, 0.717) is 34.4 Å². The number of amides is 2. The van der Waals surface area contributed by atoms with Crippen molar-refractivity contribution in [1.29, 1.82) is 0 Å². The zero-order valence-corrected chi connectivity index (χ0v) is 43.1. The number of azide groups is 1. The van der Waals surface area contributed by atoms with E-state index in [1.165, 1.54) is 141 Å². The molecule has 7 N–H and O–H groups in total. The summed E-state index contributed by atoms with van der Waals surface area (Å²) in [5, 5.41) is 23.4. The molecule has 0 radical (unpaired) electrons. The lowest BCUT2D eigenvalue weighted by atomic mass is 9.79. The van der Waals surface area contributed by atoms with E-state index in [-0.39, 0.29) is 56.1 Å². The van der Waals surface area contributed by atoms with Gasteiger partial charge in [0.05, 0.1) is 11.5 Å². The Morgan fingerprint density at radius 2 is 0.833 bits per heavy atom. The maximum absolute atomic E-state index is 11.6. The maximum atomic E-state index is 11.6. The van der Waals surface area contributed by atoms with Gasteiger partial charge in [-0.25, -0.2) is 4.79 Å². The van der Waals surface area contributed by atoms with Crippen molar-refractivity contribution in [3.8, 4) is 0 Å². The highest BCUT2D eigenvalue weighted by Crippen LogP contribution is 2.59. The number of carboxylic acid groups (broad SMARTS) is 1. The Bertz CT molecular complexity index is 1490. The second-order valence-corrected chi connectivity index (χ2v) is 24.7. The lowest BCUT2D eigenvalue weighted by Gasteiger charge is -2.30. The normalized spacial score (nSPS) is 28.8. The first kappa shape index (κ1) is 60.3. The summed E-state index contributed by atoms with van der Waals surface area (Å²) in [5.41, 5.74) is 22.4. The van der Waals surface area contributed by atoms with E-state index >= 15 is 0 Å². The highest BCUT2D eigenvalue weighted by molar-refractivity contribution is 5.85. The van der Waals surface area contributed by atoms with Crippen LogP contribution in [0.2, 0.25) is 0 Å².